The molecule has 1 aromatic rings. The summed E-state index contributed by atoms with van der Waals surface area (Å²) in [6.45, 7) is 3.38. The predicted octanol–water partition coefficient (Wildman–Crippen LogP) is 1.14. The molecule has 0 spiro atoms. The Hall–Kier alpha value is -0.630. The second-order valence-corrected chi connectivity index (χ2v) is 6.04. The van der Waals surface area contributed by atoms with Crippen LogP contribution >= 0.6 is 22.6 Å². The summed E-state index contributed by atoms with van der Waals surface area (Å²) < 4.78 is 2.37. The summed E-state index contributed by atoms with van der Waals surface area (Å²) in [6.07, 6.45) is 5.86. The van der Waals surface area contributed by atoms with Gasteiger partial charge in [-0.3, -0.25) is 0 Å². The number of amides is 1. The topological polar surface area (TPSA) is 50.2 Å². The third kappa shape index (κ3) is 2.33. The average molecular weight is 346 g/mol. The van der Waals surface area contributed by atoms with Crippen LogP contribution in [0.2, 0.25) is 0 Å². The third-order valence-corrected chi connectivity index (χ3v) is 4.28. The molecule has 92 valence electrons. The number of hydrogen-bond acceptors (Lipinski definition) is 3. The van der Waals surface area contributed by atoms with Gasteiger partial charge in [-0.2, -0.15) is 9.78 Å². The minimum absolute atomic E-state index is 0.105. The van der Waals surface area contributed by atoms with Crippen LogP contribution in [0.1, 0.15) is 12.8 Å². The zero-order valence-electron chi connectivity index (χ0n) is 9.47. The van der Waals surface area contributed by atoms with E-state index >= 15 is 0 Å². The van der Waals surface area contributed by atoms with Gasteiger partial charge in [-0.05, 0) is 54.4 Å². The highest BCUT2D eigenvalue weighted by Gasteiger charge is 2.35. The van der Waals surface area contributed by atoms with E-state index in [1.807, 2.05) is 0 Å². The predicted molar refractivity (Wildman–Crippen MR) is 71.8 cm³/mol. The van der Waals surface area contributed by atoms with Crippen molar-refractivity contribution in [2.24, 2.45) is 5.92 Å². The van der Waals surface area contributed by atoms with E-state index in [2.05, 4.69) is 37.9 Å². The number of halogens is 1. The van der Waals surface area contributed by atoms with Crippen molar-refractivity contribution in [2.75, 3.05) is 19.6 Å². The first-order chi connectivity index (χ1) is 8.22. The number of hydrogen-bond donors (Lipinski definition) is 1. The maximum Gasteiger partial charge on any atom is 0.342 e. The van der Waals surface area contributed by atoms with Crippen LogP contribution in [0.5, 0.6) is 0 Å². The van der Waals surface area contributed by atoms with Gasteiger partial charge in [-0.1, -0.05) is 0 Å². The van der Waals surface area contributed by atoms with E-state index in [0.717, 1.165) is 10.1 Å². The lowest BCUT2D eigenvalue weighted by Gasteiger charge is -2.44. The number of nitrogens with zero attached hydrogens (tertiary/aromatic N) is 3. The number of rotatable bonds is 1. The largest absolute Gasteiger partial charge is 0.342 e. The van der Waals surface area contributed by atoms with Crippen LogP contribution in [0.25, 0.3) is 0 Å². The molecule has 6 heteroatoms. The molecule has 4 rings (SSSR count). The maximum absolute atomic E-state index is 12.0. The van der Waals surface area contributed by atoms with Crippen molar-refractivity contribution in [1.29, 1.82) is 0 Å². The van der Waals surface area contributed by atoms with Gasteiger partial charge in [0.15, 0.2) is 0 Å². The first-order valence-electron chi connectivity index (χ1n) is 5.96. The van der Waals surface area contributed by atoms with Crippen LogP contribution in [0.3, 0.4) is 0 Å². The molecule has 1 N–H and O–H groups in total. The first-order valence-corrected chi connectivity index (χ1v) is 7.03. The van der Waals surface area contributed by atoms with Crippen molar-refractivity contribution in [2.45, 2.75) is 18.9 Å². The Morgan fingerprint density at radius 2 is 2.24 bits per heavy atom. The van der Waals surface area contributed by atoms with Crippen LogP contribution in [0.15, 0.2) is 12.4 Å². The van der Waals surface area contributed by atoms with Crippen molar-refractivity contribution in [3.05, 3.63) is 16.0 Å². The number of aromatic nitrogens is 2. The Bertz CT molecular complexity index is 425. The first kappa shape index (κ1) is 11.5. The third-order valence-electron chi connectivity index (χ3n) is 3.72. The fourth-order valence-corrected chi connectivity index (χ4v) is 3.15. The fraction of sp³-hybridized carbons (Fsp3) is 0.636. The van der Waals surface area contributed by atoms with Crippen molar-refractivity contribution in [3.63, 3.8) is 0 Å². The fourth-order valence-electron chi connectivity index (χ4n) is 2.77. The second kappa shape index (κ2) is 4.56. The summed E-state index contributed by atoms with van der Waals surface area (Å²) in [5.41, 5.74) is 0. The molecule has 0 saturated carbocycles. The summed E-state index contributed by atoms with van der Waals surface area (Å²) in [7, 11) is 0. The maximum atomic E-state index is 12.0. The zero-order valence-corrected chi connectivity index (χ0v) is 11.6. The van der Waals surface area contributed by atoms with Crippen LogP contribution in [-0.4, -0.2) is 46.4 Å². The average Bonchev–Trinajstić information content (AvgIpc) is 2.77. The lowest BCUT2D eigenvalue weighted by atomic mass is 9.84. The quantitative estimate of drug-likeness (QED) is 0.776. The Balaban J connectivity index is 1.65. The van der Waals surface area contributed by atoms with Crippen LogP contribution in [0.4, 0.5) is 4.79 Å². The van der Waals surface area contributed by atoms with Crippen LogP contribution in [-0.2, 0) is 0 Å². The SMILES string of the molecule is O=C(NC1CN2CCC1CC2)n1cc(I)cn1. The molecule has 3 aliphatic rings. The number of fused-ring (bicyclic) bond motifs is 3. The lowest BCUT2D eigenvalue weighted by molar-refractivity contribution is 0.0765. The normalized spacial score (nSPS) is 31.5. The molecule has 2 bridgehead atoms. The summed E-state index contributed by atoms with van der Waals surface area (Å²) in [5, 5.41) is 7.12. The number of nitrogens with one attached hydrogen (secondary N) is 1. The number of piperidine rings is 3. The highest BCUT2D eigenvalue weighted by molar-refractivity contribution is 14.1. The molecule has 1 atom stereocenters. The number of carbonyl (C=O) groups excluding carboxylic acids is 1. The van der Waals surface area contributed by atoms with Gasteiger partial charge in [0.25, 0.3) is 0 Å². The smallest absolute Gasteiger partial charge is 0.332 e. The zero-order chi connectivity index (χ0) is 11.8. The van der Waals surface area contributed by atoms with E-state index in [1.54, 1.807) is 12.4 Å². The summed E-state index contributed by atoms with van der Waals surface area (Å²) >= 11 is 2.15. The molecule has 3 saturated heterocycles. The van der Waals surface area contributed by atoms with Gasteiger partial charge in [0.1, 0.15) is 0 Å². The number of carbonyl (C=O) groups is 1. The van der Waals surface area contributed by atoms with Crippen LogP contribution < -0.4 is 5.32 Å². The van der Waals surface area contributed by atoms with E-state index in [0.29, 0.717) is 12.0 Å². The van der Waals surface area contributed by atoms with Crippen molar-refractivity contribution < 1.29 is 4.79 Å². The van der Waals surface area contributed by atoms with E-state index < -0.39 is 0 Å². The van der Waals surface area contributed by atoms with Gasteiger partial charge < -0.3 is 10.2 Å². The van der Waals surface area contributed by atoms with Crippen LogP contribution in [0, 0.1) is 9.49 Å². The lowest BCUT2D eigenvalue weighted by Crippen LogP contribution is -2.57. The molecular formula is C11H15IN4O. The molecule has 5 nitrogen and oxygen atoms in total. The van der Waals surface area contributed by atoms with Gasteiger partial charge in [-0.25, -0.2) is 4.79 Å². The molecule has 3 fully saturated rings. The van der Waals surface area contributed by atoms with E-state index in [4.69, 9.17) is 0 Å². The highest BCUT2D eigenvalue weighted by Crippen LogP contribution is 2.27. The molecule has 0 radical (unpaired) electrons. The minimum atomic E-state index is -0.105. The summed E-state index contributed by atoms with van der Waals surface area (Å²) in [5.74, 6) is 0.651. The van der Waals surface area contributed by atoms with E-state index in [9.17, 15) is 4.79 Å². The molecule has 17 heavy (non-hydrogen) atoms. The van der Waals surface area contributed by atoms with Crippen molar-refractivity contribution in [3.8, 4) is 0 Å². The molecular weight excluding hydrogens is 331 g/mol. The molecule has 1 aromatic heterocycles. The standard InChI is InChI=1S/C11H15IN4O/c12-9-5-13-16(6-9)11(17)14-10-7-15-3-1-8(10)2-4-15/h5-6,8,10H,1-4,7H2,(H,14,17). The van der Waals surface area contributed by atoms with Gasteiger partial charge >= 0.3 is 6.03 Å². The Morgan fingerprint density at radius 1 is 1.47 bits per heavy atom. The molecule has 0 aliphatic carbocycles. The Morgan fingerprint density at radius 3 is 2.76 bits per heavy atom. The molecule has 1 amide bonds. The van der Waals surface area contributed by atoms with Crippen molar-refractivity contribution in [1.82, 2.24) is 20.0 Å². The monoisotopic (exact) mass is 346 g/mol. The van der Waals surface area contributed by atoms with Crippen molar-refractivity contribution >= 4 is 28.6 Å². The molecule has 4 heterocycles. The Kier molecular flexibility index (Phi) is 3.08. The van der Waals surface area contributed by atoms with Gasteiger partial charge in [-0.15, -0.1) is 0 Å². The van der Waals surface area contributed by atoms with E-state index in [1.165, 1.54) is 30.6 Å². The highest BCUT2D eigenvalue weighted by atomic mass is 127. The van der Waals surface area contributed by atoms with E-state index in [-0.39, 0.29) is 6.03 Å². The second-order valence-electron chi connectivity index (χ2n) is 4.80. The van der Waals surface area contributed by atoms with Gasteiger partial charge in [0, 0.05) is 18.8 Å². The molecule has 0 aromatic carbocycles. The van der Waals surface area contributed by atoms with Gasteiger partial charge in [0.2, 0.25) is 0 Å². The van der Waals surface area contributed by atoms with Gasteiger partial charge in [0.05, 0.1) is 9.77 Å². The molecule has 1 unspecified atom stereocenters. The molecule has 3 aliphatic heterocycles. The Labute approximate surface area is 114 Å². The summed E-state index contributed by atoms with van der Waals surface area (Å²) in [4.78, 5) is 14.4. The minimum Gasteiger partial charge on any atom is -0.332 e. The summed E-state index contributed by atoms with van der Waals surface area (Å²) in [6, 6.07) is 0.193.